The van der Waals surface area contributed by atoms with E-state index in [1.165, 1.54) is 4.40 Å². The standard InChI is InChI=1S/C15H16N6O2/c22-21(23)15-14(18-12-6-2-4-10-20(12)15)19-9-3-1-5-11(19)13-16-7-8-17-13/h2,4,6-8,10-11H,1,3,5,9H2,(H,16,17)/t11-/m1/s1. The first-order valence-corrected chi connectivity index (χ1v) is 7.63. The third kappa shape index (κ3) is 2.23. The molecule has 1 aliphatic heterocycles. The highest BCUT2D eigenvalue weighted by Gasteiger charge is 2.34. The SMILES string of the molecule is O=[N+]([O-])c1c(N2CCCC[C@@H]2c2ncc[nH]2)nc2ccccn12. The Morgan fingerprint density at radius 1 is 1.35 bits per heavy atom. The lowest BCUT2D eigenvalue weighted by molar-refractivity contribution is -0.389. The van der Waals surface area contributed by atoms with Crippen LogP contribution in [0.15, 0.2) is 36.8 Å². The molecule has 1 aliphatic rings. The molecule has 118 valence electrons. The van der Waals surface area contributed by atoms with Crippen LogP contribution in [-0.4, -0.2) is 30.8 Å². The van der Waals surface area contributed by atoms with Crippen LogP contribution in [0.1, 0.15) is 31.1 Å². The number of hydrogen-bond donors (Lipinski definition) is 1. The van der Waals surface area contributed by atoms with E-state index in [1.54, 1.807) is 30.7 Å². The molecule has 0 saturated carbocycles. The first kappa shape index (κ1) is 13.7. The molecule has 3 aromatic rings. The van der Waals surface area contributed by atoms with Gasteiger partial charge in [-0.3, -0.25) is 0 Å². The highest BCUT2D eigenvalue weighted by Crippen LogP contribution is 2.38. The van der Waals surface area contributed by atoms with Gasteiger partial charge in [-0.1, -0.05) is 6.07 Å². The molecule has 1 fully saturated rings. The molecule has 0 aromatic carbocycles. The zero-order valence-electron chi connectivity index (χ0n) is 12.4. The van der Waals surface area contributed by atoms with E-state index in [-0.39, 0.29) is 16.8 Å². The number of nitrogens with one attached hydrogen (secondary N) is 1. The number of aromatic amines is 1. The molecular formula is C15H16N6O2. The predicted octanol–water partition coefficient (Wildman–Crippen LogP) is 2.70. The fourth-order valence-corrected chi connectivity index (χ4v) is 3.26. The van der Waals surface area contributed by atoms with Gasteiger partial charge in [-0.2, -0.15) is 9.38 Å². The minimum absolute atomic E-state index is 0.0117. The number of hydrogen-bond acceptors (Lipinski definition) is 5. The van der Waals surface area contributed by atoms with Crippen molar-refractivity contribution in [3.05, 3.63) is 52.7 Å². The second-order valence-corrected chi connectivity index (χ2v) is 5.62. The molecule has 4 rings (SSSR count). The Morgan fingerprint density at radius 2 is 2.26 bits per heavy atom. The Balaban J connectivity index is 1.86. The molecule has 0 unspecified atom stereocenters. The van der Waals surface area contributed by atoms with Crippen LogP contribution in [0.2, 0.25) is 0 Å². The number of fused-ring (bicyclic) bond motifs is 1. The maximum Gasteiger partial charge on any atom is 0.372 e. The van der Waals surface area contributed by atoms with Gasteiger partial charge in [0, 0.05) is 25.0 Å². The lowest BCUT2D eigenvalue weighted by Gasteiger charge is -2.34. The highest BCUT2D eigenvalue weighted by atomic mass is 16.6. The van der Waals surface area contributed by atoms with Crippen molar-refractivity contribution >= 4 is 17.3 Å². The number of imidazole rings is 2. The van der Waals surface area contributed by atoms with Gasteiger partial charge in [-0.05, 0) is 30.3 Å². The van der Waals surface area contributed by atoms with Gasteiger partial charge >= 0.3 is 5.82 Å². The fraction of sp³-hybridized carbons (Fsp3) is 0.333. The summed E-state index contributed by atoms with van der Waals surface area (Å²) in [5, 5.41) is 11.6. The van der Waals surface area contributed by atoms with Crippen LogP contribution in [-0.2, 0) is 0 Å². The Morgan fingerprint density at radius 3 is 3.04 bits per heavy atom. The van der Waals surface area contributed by atoms with Crippen LogP contribution >= 0.6 is 0 Å². The quantitative estimate of drug-likeness (QED) is 0.593. The van der Waals surface area contributed by atoms with Crippen LogP contribution in [0.3, 0.4) is 0 Å². The Kier molecular flexibility index (Phi) is 3.22. The van der Waals surface area contributed by atoms with E-state index < -0.39 is 0 Å². The first-order valence-electron chi connectivity index (χ1n) is 7.63. The summed E-state index contributed by atoms with van der Waals surface area (Å²) in [6.07, 6.45) is 8.13. The second kappa shape index (κ2) is 5.38. The van der Waals surface area contributed by atoms with Crippen molar-refractivity contribution in [2.24, 2.45) is 0 Å². The molecule has 0 amide bonds. The molecule has 4 heterocycles. The molecule has 3 aromatic heterocycles. The van der Waals surface area contributed by atoms with Gasteiger partial charge < -0.3 is 20.0 Å². The third-order valence-electron chi connectivity index (χ3n) is 4.27. The van der Waals surface area contributed by atoms with Gasteiger partial charge in [0.25, 0.3) is 0 Å². The van der Waals surface area contributed by atoms with Crippen molar-refractivity contribution < 1.29 is 4.92 Å². The van der Waals surface area contributed by atoms with Gasteiger partial charge in [-0.15, -0.1) is 0 Å². The smallest absolute Gasteiger partial charge is 0.358 e. The molecule has 0 bridgehead atoms. The minimum Gasteiger partial charge on any atom is -0.358 e. The van der Waals surface area contributed by atoms with Crippen molar-refractivity contribution in [2.45, 2.75) is 25.3 Å². The zero-order valence-corrected chi connectivity index (χ0v) is 12.4. The summed E-state index contributed by atoms with van der Waals surface area (Å²) in [7, 11) is 0. The van der Waals surface area contributed by atoms with E-state index >= 15 is 0 Å². The summed E-state index contributed by atoms with van der Waals surface area (Å²) < 4.78 is 1.53. The summed E-state index contributed by atoms with van der Waals surface area (Å²) in [6.45, 7) is 0.732. The van der Waals surface area contributed by atoms with Crippen molar-refractivity contribution in [3.8, 4) is 0 Å². The largest absolute Gasteiger partial charge is 0.372 e. The number of H-pyrrole nitrogens is 1. The van der Waals surface area contributed by atoms with Crippen LogP contribution in [0, 0.1) is 10.1 Å². The van der Waals surface area contributed by atoms with Crippen molar-refractivity contribution in [3.63, 3.8) is 0 Å². The topological polar surface area (TPSA) is 92.4 Å². The maximum atomic E-state index is 11.6. The number of nitro groups is 1. The van der Waals surface area contributed by atoms with Crippen molar-refractivity contribution in [1.82, 2.24) is 19.4 Å². The Labute approximate surface area is 131 Å². The molecule has 0 radical (unpaired) electrons. The van der Waals surface area contributed by atoms with E-state index in [1.807, 2.05) is 11.0 Å². The molecule has 8 nitrogen and oxygen atoms in total. The van der Waals surface area contributed by atoms with E-state index in [0.717, 1.165) is 31.6 Å². The number of rotatable bonds is 3. The Hall–Kier alpha value is -2.90. The molecule has 1 saturated heterocycles. The lowest BCUT2D eigenvalue weighted by Crippen LogP contribution is -2.34. The Bertz CT molecular complexity index is 841. The summed E-state index contributed by atoms with van der Waals surface area (Å²) >= 11 is 0. The number of nitrogens with zero attached hydrogens (tertiary/aromatic N) is 5. The van der Waals surface area contributed by atoms with Gasteiger partial charge in [0.2, 0.25) is 11.5 Å². The minimum atomic E-state index is -0.358. The molecule has 23 heavy (non-hydrogen) atoms. The fourth-order valence-electron chi connectivity index (χ4n) is 3.26. The lowest BCUT2D eigenvalue weighted by atomic mass is 10.0. The van der Waals surface area contributed by atoms with Crippen LogP contribution in [0.4, 0.5) is 11.6 Å². The van der Waals surface area contributed by atoms with Gasteiger partial charge in [-0.25, -0.2) is 4.98 Å². The summed E-state index contributed by atoms with van der Waals surface area (Å²) in [4.78, 5) is 25.3. The normalized spacial score (nSPS) is 18.4. The molecule has 1 N–H and O–H groups in total. The predicted molar refractivity (Wildman–Crippen MR) is 84.4 cm³/mol. The molecule has 0 aliphatic carbocycles. The number of pyridine rings is 1. The van der Waals surface area contributed by atoms with Crippen LogP contribution in [0.25, 0.3) is 5.65 Å². The molecule has 8 heteroatoms. The number of anilines is 1. The van der Waals surface area contributed by atoms with E-state index in [2.05, 4.69) is 15.0 Å². The first-order chi connectivity index (χ1) is 11.3. The number of aromatic nitrogens is 4. The molecule has 0 spiro atoms. The highest BCUT2D eigenvalue weighted by molar-refractivity contribution is 5.64. The van der Waals surface area contributed by atoms with E-state index in [4.69, 9.17) is 0 Å². The monoisotopic (exact) mass is 312 g/mol. The molecular weight excluding hydrogens is 296 g/mol. The van der Waals surface area contributed by atoms with Crippen molar-refractivity contribution in [2.75, 3.05) is 11.4 Å². The van der Waals surface area contributed by atoms with Gasteiger partial charge in [0.15, 0.2) is 0 Å². The van der Waals surface area contributed by atoms with E-state index in [0.29, 0.717) is 11.5 Å². The summed E-state index contributed by atoms with van der Waals surface area (Å²) in [5.74, 6) is 1.26. The average molecular weight is 312 g/mol. The van der Waals surface area contributed by atoms with E-state index in [9.17, 15) is 10.1 Å². The average Bonchev–Trinajstić information content (AvgIpc) is 3.22. The maximum absolute atomic E-state index is 11.6. The zero-order chi connectivity index (χ0) is 15.8. The summed E-state index contributed by atoms with van der Waals surface area (Å²) in [6, 6.07) is 5.37. The van der Waals surface area contributed by atoms with Crippen LogP contribution in [0.5, 0.6) is 0 Å². The third-order valence-corrected chi connectivity index (χ3v) is 4.27. The van der Waals surface area contributed by atoms with Gasteiger partial charge in [0.05, 0.1) is 12.2 Å². The van der Waals surface area contributed by atoms with Crippen LogP contribution < -0.4 is 4.90 Å². The summed E-state index contributed by atoms with van der Waals surface area (Å²) in [5.41, 5.74) is 0.581. The molecule has 1 atom stereocenters. The van der Waals surface area contributed by atoms with Gasteiger partial charge in [0.1, 0.15) is 5.82 Å². The second-order valence-electron chi connectivity index (χ2n) is 5.62. The van der Waals surface area contributed by atoms with Crippen molar-refractivity contribution in [1.29, 1.82) is 0 Å². The number of piperidine rings is 1.